The molecule has 0 heterocycles. The normalized spacial score (nSPS) is 15.4. The van der Waals surface area contributed by atoms with Gasteiger partial charge in [0.1, 0.15) is 0 Å². The van der Waals surface area contributed by atoms with Crippen LogP contribution in [-0.4, -0.2) is 12.4 Å². The van der Waals surface area contributed by atoms with Crippen LogP contribution in [0.1, 0.15) is 60.3 Å². The summed E-state index contributed by atoms with van der Waals surface area (Å²) in [4.78, 5) is 4.51. The zero-order valence-electron chi connectivity index (χ0n) is 11.1. The van der Waals surface area contributed by atoms with Gasteiger partial charge in [0, 0.05) is 12.0 Å². The molecule has 0 bridgehead atoms. The first-order valence-corrected chi connectivity index (χ1v) is 6.22. The standard InChI is InChI=1S/C13H28N2/c1-6-8-9-11(7-2)10-15-12(14)13(3,4)5/h11H,6-10H2,1-5H3,(H2,14,15). The molecule has 90 valence electrons. The minimum absolute atomic E-state index is 0.0169. The number of aliphatic imine (C=N–C) groups is 1. The summed E-state index contributed by atoms with van der Waals surface area (Å²) >= 11 is 0. The Bertz CT molecular complexity index is 189. The van der Waals surface area contributed by atoms with E-state index in [1.54, 1.807) is 0 Å². The van der Waals surface area contributed by atoms with Gasteiger partial charge in [0.25, 0.3) is 0 Å². The van der Waals surface area contributed by atoms with Gasteiger partial charge in [-0.25, -0.2) is 0 Å². The van der Waals surface area contributed by atoms with Gasteiger partial charge in [-0.1, -0.05) is 53.9 Å². The third kappa shape index (κ3) is 6.53. The van der Waals surface area contributed by atoms with E-state index in [0.717, 1.165) is 12.4 Å². The monoisotopic (exact) mass is 212 g/mol. The fourth-order valence-electron chi connectivity index (χ4n) is 1.38. The summed E-state index contributed by atoms with van der Waals surface area (Å²) in [6.07, 6.45) is 5.08. The zero-order valence-corrected chi connectivity index (χ0v) is 11.1. The van der Waals surface area contributed by atoms with Crippen molar-refractivity contribution in [3.8, 4) is 0 Å². The Morgan fingerprint density at radius 3 is 2.27 bits per heavy atom. The van der Waals surface area contributed by atoms with Gasteiger partial charge in [-0.3, -0.25) is 4.99 Å². The Balaban J connectivity index is 4.08. The fraction of sp³-hybridized carbons (Fsp3) is 0.923. The highest BCUT2D eigenvalue weighted by Gasteiger charge is 2.15. The highest BCUT2D eigenvalue weighted by atomic mass is 14.9. The summed E-state index contributed by atoms with van der Waals surface area (Å²) in [5, 5.41) is 0. The van der Waals surface area contributed by atoms with Crippen LogP contribution in [0.3, 0.4) is 0 Å². The third-order valence-electron chi connectivity index (χ3n) is 2.83. The summed E-state index contributed by atoms with van der Waals surface area (Å²) in [6, 6.07) is 0. The van der Waals surface area contributed by atoms with Crippen molar-refractivity contribution in [1.29, 1.82) is 0 Å². The fourth-order valence-corrected chi connectivity index (χ4v) is 1.38. The SMILES string of the molecule is CCCCC(CC)CN=C(N)C(C)(C)C. The molecule has 0 aromatic rings. The first-order valence-electron chi connectivity index (χ1n) is 6.22. The van der Waals surface area contributed by atoms with Crippen LogP contribution in [0.4, 0.5) is 0 Å². The molecule has 1 atom stereocenters. The van der Waals surface area contributed by atoms with Crippen molar-refractivity contribution in [3.63, 3.8) is 0 Å². The molecule has 0 amide bonds. The van der Waals surface area contributed by atoms with Gasteiger partial charge in [0.15, 0.2) is 0 Å². The molecular weight excluding hydrogens is 184 g/mol. The molecule has 2 N–H and O–H groups in total. The lowest BCUT2D eigenvalue weighted by molar-refractivity contribution is 0.459. The summed E-state index contributed by atoms with van der Waals surface area (Å²) in [7, 11) is 0. The zero-order chi connectivity index (χ0) is 11.9. The third-order valence-corrected chi connectivity index (χ3v) is 2.83. The Morgan fingerprint density at radius 1 is 1.27 bits per heavy atom. The van der Waals surface area contributed by atoms with Crippen LogP contribution >= 0.6 is 0 Å². The average Bonchev–Trinajstić information content (AvgIpc) is 2.16. The summed E-state index contributed by atoms with van der Waals surface area (Å²) in [6.45, 7) is 11.7. The first-order chi connectivity index (χ1) is 6.91. The predicted molar refractivity (Wildman–Crippen MR) is 69.3 cm³/mol. The Hall–Kier alpha value is -0.530. The molecule has 0 rings (SSSR count). The topological polar surface area (TPSA) is 38.4 Å². The van der Waals surface area contributed by atoms with E-state index in [1.165, 1.54) is 25.7 Å². The molecule has 1 unspecified atom stereocenters. The molecule has 0 aliphatic heterocycles. The largest absolute Gasteiger partial charge is 0.387 e. The smallest absolute Gasteiger partial charge is 0.0991 e. The Kier molecular flexibility index (Phi) is 6.62. The van der Waals surface area contributed by atoms with E-state index in [-0.39, 0.29) is 5.41 Å². The maximum Gasteiger partial charge on any atom is 0.0991 e. The molecule has 0 aromatic carbocycles. The van der Waals surface area contributed by atoms with Crippen molar-refractivity contribution in [2.24, 2.45) is 22.1 Å². The van der Waals surface area contributed by atoms with E-state index >= 15 is 0 Å². The lowest BCUT2D eigenvalue weighted by atomic mass is 9.95. The van der Waals surface area contributed by atoms with E-state index in [1.807, 2.05) is 0 Å². The van der Waals surface area contributed by atoms with Crippen LogP contribution in [0, 0.1) is 11.3 Å². The molecular formula is C13H28N2. The lowest BCUT2D eigenvalue weighted by Gasteiger charge is -2.19. The number of hydrogen-bond donors (Lipinski definition) is 1. The van der Waals surface area contributed by atoms with Crippen LogP contribution < -0.4 is 5.73 Å². The van der Waals surface area contributed by atoms with E-state index in [9.17, 15) is 0 Å². The van der Waals surface area contributed by atoms with Crippen LogP contribution in [0.25, 0.3) is 0 Å². The minimum Gasteiger partial charge on any atom is -0.387 e. The second-order valence-electron chi connectivity index (χ2n) is 5.39. The molecule has 0 radical (unpaired) electrons. The van der Waals surface area contributed by atoms with Crippen LogP contribution in [0.5, 0.6) is 0 Å². The quantitative estimate of drug-likeness (QED) is 0.530. The summed E-state index contributed by atoms with van der Waals surface area (Å²) in [5.41, 5.74) is 5.95. The van der Waals surface area contributed by atoms with Gasteiger partial charge >= 0.3 is 0 Å². The Morgan fingerprint density at radius 2 is 1.87 bits per heavy atom. The molecule has 2 nitrogen and oxygen atoms in total. The van der Waals surface area contributed by atoms with Gasteiger partial charge in [-0.2, -0.15) is 0 Å². The average molecular weight is 212 g/mol. The molecule has 0 aliphatic carbocycles. The molecule has 15 heavy (non-hydrogen) atoms. The van der Waals surface area contributed by atoms with Gasteiger partial charge < -0.3 is 5.73 Å². The number of unbranched alkanes of at least 4 members (excludes halogenated alkanes) is 1. The molecule has 0 fully saturated rings. The molecule has 0 aromatic heterocycles. The van der Waals surface area contributed by atoms with Crippen molar-refractivity contribution < 1.29 is 0 Å². The number of nitrogens with zero attached hydrogens (tertiary/aromatic N) is 1. The lowest BCUT2D eigenvalue weighted by Crippen LogP contribution is -2.29. The maximum atomic E-state index is 5.93. The van der Waals surface area contributed by atoms with Gasteiger partial charge in [-0.15, -0.1) is 0 Å². The van der Waals surface area contributed by atoms with E-state index in [0.29, 0.717) is 5.92 Å². The summed E-state index contributed by atoms with van der Waals surface area (Å²) in [5.74, 6) is 1.50. The van der Waals surface area contributed by atoms with Crippen molar-refractivity contribution in [2.45, 2.75) is 60.3 Å². The van der Waals surface area contributed by atoms with Crippen LogP contribution in [0.2, 0.25) is 0 Å². The van der Waals surface area contributed by atoms with Crippen LogP contribution in [0.15, 0.2) is 4.99 Å². The van der Waals surface area contributed by atoms with Gasteiger partial charge in [0.2, 0.25) is 0 Å². The second-order valence-corrected chi connectivity index (χ2v) is 5.39. The highest BCUT2D eigenvalue weighted by molar-refractivity contribution is 5.85. The van der Waals surface area contributed by atoms with Crippen LogP contribution in [-0.2, 0) is 0 Å². The number of nitrogens with two attached hydrogens (primary N) is 1. The molecule has 2 heteroatoms. The number of amidine groups is 1. The number of rotatable bonds is 6. The summed E-state index contributed by atoms with van der Waals surface area (Å²) < 4.78 is 0. The predicted octanol–water partition coefficient (Wildman–Crippen LogP) is 3.61. The molecule has 0 spiro atoms. The van der Waals surface area contributed by atoms with E-state index in [4.69, 9.17) is 5.73 Å². The molecule has 0 saturated heterocycles. The maximum absolute atomic E-state index is 5.93. The number of hydrogen-bond acceptors (Lipinski definition) is 1. The van der Waals surface area contributed by atoms with Gasteiger partial charge in [-0.05, 0) is 12.3 Å². The Labute approximate surface area is 95.4 Å². The van der Waals surface area contributed by atoms with Crippen molar-refractivity contribution in [2.75, 3.05) is 6.54 Å². The van der Waals surface area contributed by atoms with Gasteiger partial charge in [0.05, 0.1) is 5.84 Å². The molecule has 0 saturated carbocycles. The minimum atomic E-state index is 0.0169. The van der Waals surface area contributed by atoms with Crippen molar-refractivity contribution in [3.05, 3.63) is 0 Å². The van der Waals surface area contributed by atoms with E-state index in [2.05, 4.69) is 39.6 Å². The van der Waals surface area contributed by atoms with E-state index < -0.39 is 0 Å². The first kappa shape index (κ1) is 14.5. The molecule has 0 aliphatic rings. The second kappa shape index (κ2) is 6.86. The highest BCUT2D eigenvalue weighted by Crippen LogP contribution is 2.16. The van der Waals surface area contributed by atoms with Crippen molar-refractivity contribution in [1.82, 2.24) is 0 Å². The van der Waals surface area contributed by atoms with Crippen molar-refractivity contribution >= 4 is 5.84 Å².